The van der Waals surface area contributed by atoms with Gasteiger partial charge >= 0.3 is 0 Å². The van der Waals surface area contributed by atoms with Crippen molar-refractivity contribution in [1.29, 1.82) is 0 Å². The molecule has 1 N–H and O–H groups in total. The Morgan fingerprint density at radius 1 is 1.23 bits per heavy atom. The van der Waals surface area contributed by atoms with Gasteiger partial charge in [-0.2, -0.15) is 0 Å². The van der Waals surface area contributed by atoms with Crippen LogP contribution in [0.25, 0.3) is 0 Å². The van der Waals surface area contributed by atoms with Crippen LogP contribution in [0.5, 0.6) is 5.75 Å². The molecule has 0 radical (unpaired) electrons. The molecule has 0 aliphatic heterocycles. The number of thioether (sulfide) groups is 1. The predicted octanol–water partition coefficient (Wildman–Crippen LogP) is 3.76. The lowest BCUT2D eigenvalue weighted by atomic mass is 10.3. The highest BCUT2D eigenvalue weighted by Crippen LogP contribution is 2.25. The summed E-state index contributed by atoms with van der Waals surface area (Å²) in [7, 11) is 1.84. The van der Waals surface area contributed by atoms with Crippen molar-refractivity contribution in [2.45, 2.75) is 25.1 Å². The summed E-state index contributed by atoms with van der Waals surface area (Å²) in [5.74, 6) is 1.47. The lowest BCUT2D eigenvalue weighted by molar-refractivity contribution is -0.118. The van der Waals surface area contributed by atoms with Crippen LogP contribution in [0, 0.1) is 0 Å². The molecule has 10 heteroatoms. The number of rotatable bonds is 10. The number of ether oxygens (including phenoxy) is 1. The fourth-order valence-corrected chi connectivity index (χ4v) is 4.57. The first-order chi connectivity index (χ1) is 14.4. The van der Waals surface area contributed by atoms with E-state index in [1.807, 2.05) is 35.9 Å². The number of hydrogen-bond donors (Lipinski definition) is 1. The molecule has 0 aliphatic rings. The zero-order valence-electron chi connectivity index (χ0n) is 16.6. The van der Waals surface area contributed by atoms with Crippen molar-refractivity contribution in [3.8, 4) is 5.75 Å². The van der Waals surface area contributed by atoms with Crippen LogP contribution in [-0.4, -0.2) is 38.8 Å². The van der Waals surface area contributed by atoms with Gasteiger partial charge in [-0.1, -0.05) is 35.5 Å². The van der Waals surface area contributed by atoms with Gasteiger partial charge in [0.05, 0.1) is 15.7 Å². The second kappa shape index (κ2) is 10.6. The number of Topliss-reactive ketones (excluding diaryl/α,β-unsaturated/α-hetero) is 1. The molecule has 3 rings (SSSR count). The van der Waals surface area contributed by atoms with Crippen LogP contribution in [-0.2, 0) is 24.9 Å². The quantitative estimate of drug-likeness (QED) is 0.363. The Kier molecular flexibility index (Phi) is 7.89. The molecule has 0 saturated heterocycles. The first kappa shape index (κ1) is 22.3. The molecule has 1 amide bonds. The number of carbonyl (C=O) groups excluding carboxylic acids is 2. The third kappa shape index (κ3) is 6.07. The number of halogens is 1. The molecule has 0 spiro atoms. The fourth-order valence-electron chi connectivity index (χ4n) is 2.53. The van der Waals surface area contributed by atoms with Crippen LogP contribution in [0.2, 0.25) is 5.02 Å². The molecular formula is C20H21ClN4O3S2. The Morgan fingerprint density at radius 2 is 2.03 bits per heavy atom. The highest BCUT2D eigenvalue weighted by molar-refractivity contribution is 7.99. The van der Waals surface area contributed by atoms with Crippen LogP contribution >= 0.6 is 34.7 Å². The maximum absolute atomic E-state index is 12.5. The minimum absolute atomic E-state index is 0.0349. The van der Waals surface area contributed by atoms with E-state index in [9.17, 15) is 9.59 Å². The van der Waals surface area contributed by atoms with Crippen molar-refractivity contribution in [2.75, 3.05) is 12.3 Å². The van der Waals surface area contributed by atoms with Crippen molar-refractivity contribution < 1.29 is 14.3 Å². The molecule has 1 aromatic carbocycles. The SMILES string of the molecule is CC(=O)NCCc1ccc(C(=O)CSc2nnc(COc3ccccc3Cl)n2C)s1. The highest BCUT2D eigenvalue weighted by Gasteiger charge is 2.15. The largest absolute Gasteiger partial charge is 0.484 e. The van der Waals surface area contributed by atoms with E-state index < -0.39 is 0 Å². The first-order valence-electron chi connectivity index (χ1n) is 9.18. The number of nitrogens with one attached hydrogen (secondary N) is 1. The number of nitrogens with zero attached hydrogens (tertiary/aromatic N) is 3. The van der Waals surface area contributed by atoms with Gasteiger partial charge in [0.25, 0.3) is 0 Å². The zero-order chi connectivity index (χ0) is 21.5. The summed E-state index contributed by atoms with van der Waals surface area (Å²) in [5.41, 5.74) is 0. The van der Waals surface area contributed by atoms with E-state index in [4.69, 9.17) is 16.3 Å². The van der Waals surface area contributed by atoms with Gasteiger partial charge in [0.15, 0.2) is 16.8 Å². The average molecular weight is 465 g/mol. The van der Waals surface area contributed by atoms with E-state index in [-0.39, 0.29) is 24.1 Å². The molecule has 0 saturated carbocycles. The second-order valence-corrected chi connectivity index (χ2v) is 8.91. The summed E-state index contributed by atoms with van der Waals surface area (Å²) in [5, 5.41) is 12.2. The predicted molar refractivity (Wildman–Crippen MR) is 119 cm³/mol. The molecule has 0 unspecified atom stereocenters. The van der Waals surface area contributed by atoms with E-state index in [1.54, 1.807) is 12.1 Å². The molecular weight excluding hydrogens is 444 g/mol. The Balaban J connectivity index is 1.51. The molecule has 0 atom stereocenters. The van der Waals surface area contributed by atoms with Gasteiger partial charge in [0.1, 0.15) is 12.4 Å². The number of carbonyl (C=O) groups is 2. The number of para-hydroxylation sites is 1. The first-order valence-corrected chi connectivity index (χ1v) is 11.4. The Hall–Kier alpha value is -2.36. The third-order valence-corrected chi connectivity index (χ3v) is 6.65. The molecule has 0 fully saturated rings. The highest BCUT2D eigenvalue weighted by atomic mass is 35.5. The van der Waals surface area contributed by atoms with E-state index >= 15 is 0 Å². The number of ketones is 1. The monoisotopic (exact) mass is 464 g/mol. The van der Waals surface area contributed by atoms with Crippen molar-refractivity contribution >= 4 is 46.4 Å². The van der Waals surface area contributed by atoms with Crippen molar-refractivity contribution in [3.63, 3.8) is 0 Å². The summed E-state index contributed by atoms with van der Waals surface area (Å²) in [6, 6.07) is 11.0. The molecule has 158 valence electrons. The van der Waals surface area contributed by atoms with Crippen molar-refractivity contribution in [1.82, 2.24) is 20.1 Å². The summed E-state index contributed by atoms with van der Waals surface area (Å²) in [6.07, 6.45) is 0.711. The number of amides is 1. The molecule has 0 bridgehead atoms. The summed E-state index contributed by atoms with van der Waals surface area (Å²) in [6.45, 7) is 2.28. The van der Waals surface area contributed by atoms with E-state index in [0.717, 1.165) is 4.88 Å². The Morgan fingerprint density at radius 3 is 2.80 bits per heavy atom. The number of aromatic nitrogens is 3. The molecule has 3 aromatic rings. The smallest absolute Gasteiger partial charge is 0.216 e. The van der Waals surface area contributed by atoms with Crippen molar-refractivity contribution in [2.24, 2.45) is 7.05 Å². The zero-order valence-corrected chi connectivity index (χ0v) is 18.9. The van der Waals surface area contributed by atoms with Gasteiger partial charge in [-0.15, -0.1) is 21.5 Å². The second-order valence-electron chi connectivity index (χ2n) is 6.39. The van der Waals surface area contributed by atoms with Crippen LogP contribution in [0.1, 0.15) is 27.3 Å². The summed E-state index contributed by atoms with van der Waals surface area (Å²) < 4.78 is 7.51. The van der Waals surface area contributed by atoms with E-state index in [2.05, 4.69) is 15.5 Å². The minimum atomic E-state index is -0.0560. The molecule has 0 aliphatic carbocycles. The Bertz CT molecular complexity index is 1030. The van der Waals surface area contributed by atoms with Gasteiger partial charge in [-0.05, 0) is 30.7 Å². The summed E-state index contributed by atoms with van der Waals surface area (Å²) >= 11 is 8.88. The lowest BCUT2D eigenvalue weighted by Crippen LogP contribution is -2.22. The minimum Gasteiger partial charge on any atom is -0.484 e. The lowest BCUT2D eigenvalue weighted by Gasteiger charge is -2.07. The molecule has 7 nitrogen and oxygen atoms in total. The number of benzene rings is 1. The van der Waals surface area contributed by atoms with Crippen LogP contribution in [0.4, 0.5) is 0 Å². The van der Waals surface area contributed by atoms with E-state index in [0.29, 0.717) is 39.6 Å². The molecule has 2 aromatic heterocycles. The van der Waals surface area contributed by atoms with Crippen LogP contribution in [0.15, 0.2) is 41.6 Å². The maximum atomic E-state index is 12.5. The third-order valence-electron chi connectivity index (χ3n) is 4.13. The molecule has 2 heterocycles. The maximum Gasteiger partial charge on any atom is 0.216 e. The van der Waals surface area contributed by atoms with Crippen LogP contribution < -0.4 is 10.1 Å². The van der Waals surface area contributed by atoms with Gasteiger partial charge in [0, 0.05) is 25.4 Å². The van der Waals surface area contributed by atoms with Gasteiger partial charge in [-0.3, -0.25) is 9.59 Å². The average Bonchev–Trinajstić information content (AvgIpc) is 3.32. The van der Waals surface area contributed by atoms with Gasteiger partial charge in [0.2, 0.25) is 5.91 Å². The number of hydrogen-bond acceptors (Lipinski definition) is 7. The summed E-state index contributed by atoms with van der Waals surface area (Å²) in [4.78, 5) is 25.2. The van der Waals surface area contributed by atoms with Gasteiger partial charge < -0.3 is 14.6 Å². The van der Waals surface area contributed by atoms with Crippen molar-refractivity contribution in [3.05, 3.63) is 57.0 Å². The number of thiophene rings is 1. The standard InChI is InChI=1S/C20H21ClN4O3S2/c1-13(26)22-10-9-14-7-8-18(30-14)16(27)12-29-20-24-23-19(25(20)2)11-28-17-6-4-3-5-15(17)21/h3-8H,9-12H2,1-2H3,(H,22,26). The molecule has 30 heavy (non-hydrogen) atoms. The fraction of sp³-hybridized carbons (Fsp3) is 0.300. The van der Waals surface area contributed by atoms with E-state index in [1.165, 1.54) is 30.0 Å². The topological polar surface area (TPSA) is 86.1 Å². The van der Waals surface area contributed by atoms with Crippen LogP contribution in [0.3, 0.4) is 0 Å². The normalized spacial score (nSPS) is 10.8. The Labute approximate surface area is 187 Å². The van der Waals surface area contributed by atoms with Gasteiger partial charge in [-0.25, -0.2) is 0 Å².